The summed E-state index contributed by atoms with van der Waals surface area (Å²) < 4.78 is 10.1. The largest absolute Gasteiger partial charge is 0.465 e. The Kier molecular flexibility index (Phi) is 6.50. The fraction of sp³-hybridized carbons (Fsp3) is 0.364. The Labute approximate surface area is 184 Å². The molecule has 164 valence electrons. The van der Waals surface area contributed by atoms with Gasteiger partial charge in [0.1, 0.15) is 0 Å². The predicted octanol–water partition coefficient (Wildman–Crippen LogP) is 3.63. The number of aromatic nitrogens is 1. The molecule has 3 rings (SSSR count). The minimum absolute atomic E-state index is 0.0602. The van der Waals surface area contributed by atoms with Gasteiger partial charge in [0.05, 0.1) is 34.6 Å². The van der Waals surface area contributed by atoms with Gasteiger partial charge < -0.3 is 19.4 Å². The Morgan fingerprint density at radius 1 is 1.19 bits per heavy atom. The van der Waals surface area contributed by atoms with Gasteiger partial charge in [-0.05, 0) is 51.0 Å². The number of amides is 1. The van der Waals surface area contributed by atoms with Gasteiger partial charge in [-0.2, -0.15) is 0 Å². The fourth-order valence-electron chi connectivity index (χ4n) is 3.64. The van der Waals surface area contributed by atoms with E-state index in [2.05, 4.69) is 4.98 Å². The number of methoxy groups -OCH3 is 1. The predicted molar refractivity (Wildman–Crippen MR) is 114 cm³/mol. The molecule has 0 unspecified atom stereocenters. The molecule has 1 N–H and O–H groups in total. The van der Waals surface area contributed by atoms with E-state index in [4.69, 9.17) is 21.1 Å². The highest BCUT2D eigenvalue weighted by Gasteiger charge is 2.29. The van der Waals surface area contributed by atoms with Crippen molar-refractivity contribution in [3.8, 4) is 0 Å². The van der Waals surface area contributed by atoms with Gasteiger partial charge in [-0.3, -0.25) is 9.59 Å². The molecule has 1 atom stereocenters. The van der Waals surface area contributed by atoms with E-state index in [1.54, 1.807) is 13.8 Å². The zero-order valence-corrected chi connectivity index (χ0v) is 18.5. The van der Waals surface area contributed by atoms with Gasteiger partial charge in [-0.1, -0.05) is 11.6 Å². The molecule has 0 radical (unpaired) electrons. The van der Waals surface area contributed by atoms with Gasteiger partial charge in [-0.25, -0.2) is 9.59 Å². The summed E-state index contributed by atoms with van der Waals surface area (Å²) in [5.74, 6) is -1.82. The van der Waals surface area contributed by atoms with E-state index >= 15 is 0 Å². The Morgan fingerprint density at radius 3 is 2.52 bits per heavy atom. The van der Waals surface area contributed by atoms with E-state index in [0.717, 1.165) is 6.42 Å². The molecule has 0 bridgehead atoms. The van der Waals surface area contributed by atoms with E-state index in [0.29, 0.717) is 34.9 Å². The van der Waals surface area contributed by atoms with Crippen LogP contribution in [0.15, 0.2) is 18.2 Å². The van der Waals surface area contributed by atoms with Gasteiger partial charge in [0.25, 0.3) is 0 Å². The number of aryl methyl sites for hydroxylation is 1. The number of hydrogen-bond donors (Lipinski definition) is 1. The molecular weight excluding hydrogens is 424 g/mol. The van der Waals surface area contributed by atoms with Crippen molar-refractivity contribution in [2.24, 2.45) is 0 Å². The number of benzene rings is 1. The Bertz CT molecular complexity index is 1070. The Balaban J connectivity index is 1.79. The van der Waals surface area contributed by atoms with Crippen molar-refractivity contribution in [1.82, 2.24) is 4.98 Å². The van der Waals surface area contributed by atoms with Gasteiger partial charge in [-0.15, -0.1) is 0 Å². The zero-order chi connectivity index (χ0) is 22.9. The van der Waals surface area contributed by atoms with Crippen LogP contribution in [0.5, 0.6) is 0 Å². The molecule has 1 aliphatic heterocycles. The topological polar surface area (TPSA) is 106 Å². The maximum absolute atomic E-state index is 12.8. The normalized spacial score (nSPS) is 14.5. The molecule has 1 amide bonds. The van der Waals surface area contributed by atoms with Crippen LogP contribution < -0.4 is 4.90 Å². The van der Waals surface area contributed by atoms with Gasteiger partial charge in [0.15, 0.2) is 6.10 Å². The second kappa shape index (κ2) is 8.93. The number of rotatable bonds is 6. The van der Waals surface area contributed by atoms with Crippen LogP contribution in [-0.2, 0) is 14.3 Å². The van der Waals surface area contributed by atoms with Crippen LogP contribution in [0.2, 0.25) is 5.02 Å². The number of anilines is 1. The molecule has 8 nitrogen and oxygen atoms in total. The lowest BCUT2D eigenvalue weighted by Gasteiger charge is -2.18. The molecule has 1 aromatic heterocycles. The van der Waals surface area contributed by atoms with E-state index in [1.165, 1.54) is 37.1 Å². The van der Waals surface area contributed by atoms with Crippen molar-refractivity contribution < 1.29 is 28.7 Å². The van der Waals surface area contributed by atoms with Crippen LogP contribution in [0, 0.1) is 13.8 Å². The van der Waals surface area contributed by atoms with E-state index in [9.17, 15) is 19.2 Å². The van der Waals surface area contributed by atoms with Crippen LogP contribution in [0.4, 0.5) is 5.69 Å². The van der Waals surface area contributed by atoms with Crippen LogP contribution in [0.25, 0.3) is 0 Å². The summed E-state index contributed by atoms with van der Waals surface area (Å²) >= 11 is 6.21. The minimum atomic E-state index is -1.11. The first-order valence-corrected chi connectivity index (χ1v) is 10.2. The second-order valence-corrected chi connectivity index (χ2v) is 7.75. The van der Waals surface area contributed by atoms with Crippen LogP contribution in [-0.4, -0.2) is 48.4 Å². The van der Waals surface area contributed by atoms with Crippen LogP contribution in [0.1, 0.15) is 62.2 Å². The van der Waals surface area contributed by atoms with Gasteiger partial charge in [0.2, 0.25) is 11.7 Å². The average Bonchev–Trinajstić information content (AvgIpc) is 3.29. The van der Waals surface area contributed by atoms with Crippen LogP contribution in [0.3, 0.4) is 0 Å². The molecule has 2 heterocycles. The molecule has 31 heavy (non-hydrogen) atoms. The highest BCUT2D eigenvalue weighted by Crippen LogP contribution is 2.31. The Morgan fingerprint density at radius 2 is 1.90 bits per heavy atom. The first-order chi connectivity index (χ1) is 14.6. The number of Topliss-reactive ketones (excluding diaryl/α,β-unsaturated/α-hetero) is 1. The number of nitrogens with one attached hydrogen (secondary N) is 1. The number of aromatic amines is 1. The highest BCUT2D eigenvalue weighted by molar-refractivity contribution is 6.34. The molecule has 1 aromatic carbocycles. The number of esters is 2. The van der Waals surface area contributed by atoms with Crippen molar-refractivity contribution >= 4 is 40.9 Å². The summed E-state index contributed by atoms with van der Waals surface area (Å²) in [4.78, 5) is 53.9. The number of carbonyl (C=O) groups excluding carboxylic acids is 4. The summed E-state index contributed by atoms with van der Waals surface area (Å²) in [6, 6.07) is 4.49. The summed E-state index contributed by atoms with van der Waals surface area (Å²) in [7, 11) is 1.26. The fourth-order valence-corrected chi connectivity index (χ4v) is 3.86. The number of nitrogens with zero attached hydrogens (tertiary/aromatic N) is 1. The maximum Gasteiger partial charge on any atom is 0.339 e. The van der Waals surface area contributed by atoms with Crippen molar-refractivity contribution in [1.29, 1.82) is 0 Å². The number of ketones is 1. The molecule has 2 aromatic rings. The number of ether oxygens (including phenoxy) is 2. The molecule has 0 saturated carbocycles. The smallest absolute Gasteiger partial charge is 0.339 e. The number of carbonyl (C=O) groups is 4. The lowest BCUT2D eigenvalue weighted by atomic mass is 10.1. The zero-order valence-electron chi connectivity index (χ0n) is 17.7. The van der Waals surface area contributed by atoms with Gasteiger partial charge >= 0.3 is 11.9 Å². The number of H-pyrrole nitrogens is 1. The lowest BCUT2D eigenvalue weighted by Crippen LogP contribution is -2.26. The molecule has 0 aliphatic carbocycles. The monoisotopic (exact) mass is 446 g/mol. The van der Waals surface area contributed by atoms with Crippen molar-refractivity contribution in [2.45, 2.75) is 39.7 Å². The third kappa shape index (κ3) is 4.34. The van der Waals surface area contributed by atoms with Crippen molar-refractivity contribution in [3.05, 3.63) is 51.3 Å². The van der Waals surface area contributed by atoms with Crippen molar-refractivity contribution in [3.63, 3.8) is 0 Å². The highest BCUT2D eigenvalue weighted by atomic mass is 35.5. The summed E-state index contributed by atoms with van der Waals surface area (Å²) in [5, 5.41) is 0.351. The quantitative estimate of drug-likeness (QED) is 0.536. The molecule has 9 heteroatoms. The number of hydrogen-bond acceptors (Lipinski definition) is 6. The first kappa shape index (κ1) is 22.6. The summed E-state index contributed by atoms with van der Waals surface area (Å²) in [6.45, 7) is 5.26. The molecule has 1 aliphatic rings. The number of halogens is 1. The third-order valence-electron chi connectivity index (χ3n) is 5.27. The van der Waals surface area contributed by atoms with Crippen molar-refractivity contribution in [2.75, 3.05) is 18.6 Å². The lowest BCUT2D eigenvalue weighted by molar-refractivity contribution is -0.117. The first-order valence-electron chi connectivity index (χ1n) is 9.78. The van der Waals surface area contributed by atoms with E-state index in [-0.39, 0.29) is 22.7 Å². The Hall–Kier alpha value is -3.13. The van der Waals surface area contributed by atoms with Crippen LogP contribution >= 0.6 is 11.6 Å². The molecule has 1 saturated heterocycles. The van der Waals surface area contributed by atoms with E-state index < -0.39 is 23.8 Å². The SMILES string of the molecule is COC(=O)c1c(C)[nH]c(C(=O)[C@@H](C)OC(=O)c2ccc(Cl)c(N3CCCC3=O)c2)c1C. The summed E-state index contributed by atoms with van der Waals surface area (Å²) in [6.07, 6.45) is 0.0407. The summed E-state index contributed by atoms with van der Waals surface area (Å²) in [5.41, 5.74) is 1.99. The third-order valence-corrected chi connectivity index (χ3v) is 5.59. The van der Waals surface area contributed by atoms with E-state index in [1.807, 2.05) is 0 Å². The molecular formula is C22H23ClN2O6. The molecule has 1 fully saturated rings. The maximum atomic E-state index is 12.8. The molecule has 0 spiro atoms. The minimum Gasteiger partial charge on any atom is -0.465 e. The second-order valence-electron chi connectivity index (χ2n) is 7.34. The van der Waals surface area contributed by atoms with Gasteiger partial charge in [0, 0.05) is 18.7 Å². The standard InChI is InChI=1S/C22H23ClN2O6/c1-11-18(22(29)30-4)12(2)24-19(11)20(27)13(3)31-21(28)14-7-8-15(23)16(10-14)25-9-5-6-17(25)26/h7-8,10,13,24H,5-6,9H2,1-4H3/t13-/m1/s1. The average molecular weight is 447 g/mol.